The van der Waals surface area contributed by atoms with E-state index in [9.17, 15) is 14.3 Å². The molecule has 42 heavy (non-hydrogen) atoms. The van der Waals surface area contributed by atoms with E-state index in [-0.39, 0.29) is 17.2 Å². The fourth-order valence-electron chi connectivity index (χ4n) is 6.04. The average molecular weight is 573 g/mol. The van der Waals surface area contributed by atoms with Gasteiger partial charge in [-0.3, -0.25) is 4.79 Å². The smallest absolute Gasteiger partial charge is 0.261 e. The van der Waals surface area contributed by atoms with E-state index in [0.717, 1.165) is 38.9 Å². The lowest BCUT2D eigenvalue weighted by molar-refractivity contribution is 0.0747. The molecule has 0 spiro atoms. The molecule has 0 saturated carbocycles. The first kappa shape index (κ1) is 24.2. The number of benzene rings is 1. The highest BCUT2D eigenvalue weighted by atomic mass is 19.1. The van der Waals surface area contributed by atoms with Gasteiger partial charge >= 0.3 is 0 Å². The molecule has 4 aromatic rings. The largest absolute Gasteiger partial charge is 0.394 e. The quantitative estimate of drug-likeness (QED) is 0.286. The lowest BCUT2D eigenvalue weighted by atomic mass is 9.71. The number of carbonyl (C=O) groups is 1. The van der Waals surface area contributed by atoms with Crippen molar-refractivity contribution in [3.63, 3.8) is 0 Å². The van der Waals surface area contributed by atoms with Crippen LogP contribution in [0.2, 0.25) is 0 Å². The van der Waals surface area contributed by atoms with Crippen LogP contribution in [0.5, 0.6) is 0 Å². The van der Waals surface area contributed by atoms with Crippen LogP contribution in [0.15, 0.2) is 53.2 Å². The number of aromatic nitrogens is 4. The molecule has 7 heterocycles. The minimum atomic E-state index is -2.74. The Hall–Kier alpha value is -4.42. The summed E-state index contributed by atoms with van der Waals surface area (Å²) in [5, 5.41) is 21.2. The van der Waals surface area contributed by atoms with Crippen molar-refractivity contribution in [2.24, 2.45) is 0 Å². The van der Waals surface area contributed by atoms with E-state index in [1.807, 2.05) is 0 Å². The second-order valence-corrected chi connectivity index (χ2v) is 11.1. The van der Waals surface area contributed by atoms with E-state index in [1.165, 1.54) is 30.5 Å². The van der Waals surface area contributed by atoms with Crippen molar-refractivity contribution in [1.29, 1.82) is 0 Å². The summed E-state index contributed by atoms with van der Waals surface area (Å²) >= 11 is 0. The Morgan fingerprint density at radius 1 is 1.10 bits per heavy atom. The molecular weight excluding hydrogens is 539 g/mol. The first-order valence-corrected chi connectivity index (χ1v) is 13.9. The Morgan fingerprint density at radius 3 is 2.60 bits per heavy atom. The number of halogens is 1. The summed E-state index contributed by atoms with van der Waals surface area (Å²) < 4.78 is 35.8. The number of hydrogen-bond donors (Lipinski definition) is 3. The molecule has 0 aliphatic carbocycles. The predicted octanol–water partition coefficient (Wildman–Crippen LogP) is 3.88. The molecule has 0 unspecified atom stereocenters. The number of carbonyl (C=O) groups excluding carboxylic acids is 1. The van der Waals surface area contributed by atoms with Gasteiger partial charge in [0, 0.05) is 24.7 Å². The summed E-state index contributed by atoms with van der Waals surface area (Å²) in [4.78, 5) is 30.2. The number of nitrogens with zero attached hydrogens (tertiary/aromatic N) is 6. The van der Waals surface area contributed by atoms with Crippen LogP contribution in [-0.2, 0) is 12.0 Å². The maximum absolute atomic E-state index is 13.7. The number of rotatable bonds is 8. The molecule has 12 heteroatoms. The fourth-order valence-corrected chi connectivity index (χ4v) is 6.04. The van der Waals surface area contributed by atoms with Gasteiger partial charge < -0.3 is 30.1 Å². The minimum absolute atomic E-state index is 0.0876. The Labute approximate surface area is 244 Å². The van der Waals surface area contributed by atoms with Gasteiger partial charge in [-0.05, 0) is 68.7 Å². The number of piperidine rings is 3. The molecule has 1 aromatic carbocycles. The number of amides is 1. The van der Waals surface area contributed by atoms with Crippen molar-refractivity contribution in [3.8, 4) is 11.5 Å². The Bertz CT molecular complexity index is 1710. The van der Waals surface area contributed by atoms with Crippen molar-refractivity contribution in [3.05, 3.63) is 77.1 Å². The maximum Gasteiger partial charge on any atom is 0.261 e. The summed E-state index contributed by atoms with van der Waals surface area (Å²) in [5.74, 6) is 1.11. The zero-order valence-electron chi connectivity index (χ0n) is 25.0. The molecule has 216 valence electrons. The predicted molar refractivity (Wildman–Crippen MR) is 153 cm³/mol. The van der Waals surface area contributed by atoms with E-state index < -0.39 is 18.4 Å². The molecule has 11 nitrogen and oxygen atoms in total. The second-order valence-electron chi connectivity index (χ2n) is 11.1. The van der Waals surface area contributed by atoms with Crippen LogP contribution in [0.25, 0.3) is 11.5 Å². The van der Waals surface area contributed by atoms with E-state index in [1.54, 1.807) is 30.1 Å². The zero-order valence-corrected chi connectivity index (χ0v) is 23.0. The third kappa shape index (κ3) is 4.76. The fraction of sp³-hybridized carbons (Fsp3) is 0.367. The van der Waals surface area contributed by atoms with Gasteiger partial charge in [0.25, 0.3) is 11.8 Å². The third-order valence-electron chi connectivity index (χ3n) is 8.58. The molecule has 1 amide bonds. The van der Waals surface area contributed by atoms with E-state index in [2.05, 4.69) is 30.7 Å². The van der Waals surface area contributed by atoms with Crippen LogP contribution in [-0.4, -0.2) is 74.2 Å². The number of pyridine rings is 2. The molecular formula is C30H31FN8O3. The van der Waals surface area contributed by atoms with Crippen molar-refractivity contribution >= 4 is 23.2 Å². The van der Waals surface area contributed by atoms with Crippen LogP contribution < -0.4 is 10.6 Å². The monoisotopic (exact) mass is 572 g/mol. The lowest BCUT2D eigenvalue weighted by Crippen LogP contribution is -2.51. The summed E-state index contributed by atoms with van der Waals surface area (Å²) in [7, 11) is 1.71. The normalized spacial score (nSPS) is 22.9. The SMILES string of the molecule is [2H]C([2H])(O)[C@@H](Nc1cc(Nc2ccc3c(n2)CN(C)C3=O)ncc1-c1nc(C23CCN(CC2)CC3)no1)c1ccc(F)cc1. The van der Waals surface area contributed by atoms with Gasteiger partial charge in [-0.2, -0.15) is 4.98 Å². The van der Waals surface area contributed by atoms with Gasteiger partial charge in [0.2, 0.25) is 0 Å². The summed E-state index contributed by atoms with van der Waals surface area (Å²) in [6.07, 6.45) is 4.38. The van der Waals surface area contributed by atoms with Gasteiger partial charge in [-0.1, -0.05) is 17.3 Å². The van der Waals surface area contributed by atoms with Crippen LogP contribution in [0.3, 0.4) is 0 Å². The third-order valence-corrected chi connectivity index (χ3v) is 8.58. The van der Waals surface area contributed by atoms with Crippen molar-refractivity contribution in [1.82, 2.24) is 29.9 Å². The highest BCUT2D eigenvalue weighted by molar-refractivity contribution is 5.97. The number of fused-ring (bicyclic) bond motifs is 4. The van der Waals surface area contributed by atoms with Gasteiger partial charge in [-0.25, -0.2) is 14.4 Å². The van der Waals surface area contributed by atoms with Gasteiger partial charge in [0.1, 0.15) is 17.5 Å². The van der Waals surface area contributed by atoms with Crippen molar-refractivity contribution < 1.29 is 21.6 Å². The van der Waals surface area contributed by atoms with Crippen molar-refractivity contribution in [2.75, 3.05) is 43.9 Å². The zero-order chi connectivity index (χ0) is 30.6. The highest BCUT2D eigenvalue weighted by Gasteiger charge is 2.44. The topological polar surface area (TPSA) is 133 Å². The lowest BCUT2D eigenvalue weighted by Gasteiger charge is -2.46. The molecule has 8 rings (SSSR count). The molecule has 3 aromatic heterocycles. The number of hydrogen-bond acceptors (Lipinski definition) is 10. The van der Waals surface area contributed by atoms with Crippen LogP contribution in [0, 0.1) is 5.82 Å². The molecule has 3 N–H and O–H groups in total. The number of anilines is 3. The maximum atomic E-state index is 13.7. The van der Waals surface area contributed by atoms with E-state index >= 15 is 0 Å². The van der Waals surface area contributed by atoms with Gasteiger partial charge in [-0.15, -0.1) is 0 Å². The Kier molecular flexibility index (Phi) is 6.02. The molecule has 1 atom stereocenters. The first-order chi connectivity index (χ1) is 21.1. The summed E-state index contributed by atoms with van der Waals surface area (Å²) in [6.45, 7) is 0.633. The standard InChI is InChI=1S/C30H31FN8O3/c1-38-16-23-20(28(38)41)6-7-25(34-23)35-26-14-22(33-24(17-40)18-2-4-19(31)5-3-18)21(15-32-26)27-36-29(37-42-27)30-8-11-39(12-9-30)13-10-30/h2-7,14-15,24,40H,8-13,16-17H2,1H3,(H2,32,33,34,35)/t24-/m1/s1/i17D2. The molecule has 3 fully saturated rings. The summed E-state index contributed by atoms with van der Waals surface area (Å²) in [6, 6.07) is 8.97. The second kappa shape index (κ2) is 10.4. The number of aliphatic hydroxyl groups is 1. The molecule has 2 bridgehead atoms. The Balaban J connectivity index is 1.25. The molecule has 4 aliphatic rings. The average Bonchev–Trinajstić information content (AvgIpc) is 3.62. The van der Waals surface area contributed by atoms with Gasteiger partial charge in [0.15, 0.2) is 5.82 Å². The summed E-state index contributed by atoms with van der Waals surface area (Å²) in [5.41, 5.74) is 2.12. The van der Waals surface area contributed by atoms with E-state index in [0.29, 0.717) is 52.1 Å². The van der Waals surface area contributed by atoms with Crippen LogP contribution in [0.4, 0.5) is 21.7 Å². The van der Waals surface area contributed by atoms with E-state index in [4.69, 9.17) is 12.2 Å². The van der Waals surface area contributed by atoms with Gasteiger partial charge in [0.05, 0.1) is 44.4 Å². The first-order valence-electron chi connectivity index (χ1n) is 14.9. The molecule has 0 radical (unpaired) electrons. The Morgan fingerprint density at radius 2 is 1.86 bits per heavy atom. The minimum Gasteiger partial charge on any atom is -0.394 e. The number of nitrogens with one attached hydrogen (secondary N) is 2. The van der Waals surface area contributed by atoms with Crippen molar-refractivity contribution in [2.45, 2.75) is 37.3 Å². The molecule has 4 aliphatic heterocycles. The molecule has 3 saturated heterocycles. The van der Waals surface area contributed by atoms with Crippen LogP contribution in [0.1, 0.15) is 55.5 Å². The highest BCUT2D eigenvalue weighted by Crippen LogP contribution is 2.42. The van der Waals surface area contributed by atoms with Crippen LogP contribution >= 0.6 is 0 Å².